The fraction of sp³-hybridized carbons (Fsp3) is 0.312. The second-order valence-electron chi connectivity index (χ2n) is 5.53. The number of benzene rings is 1. The van der Waals surface area contributed by atoms with E-state index in [9.17, 15) is 4.79 Å². The van der Waals surface area contributed by atoms with Gasteiger partial charge in [0.1, 0.15) is 6.54 Å². The first-order chi connectivity index (χ1) is 11.5. The molecule has 124 valence electrons. The molecule has 0 bridgehead atoms. The van der Waals surface area contributed by atoms with Gasteiger partial charge >= 0.3 is 0 Å². The first-order valence-electron chi connectivity index (χ1n) is 7.59. The average molecular weight is 326 g/mol. The molecule has 0 radical (unpaired) electrons. The summed E-state index contributed by atoms with van der Waals surface area (Å²) in [6, 6.07) is 9.59. The van der Waals surface area contributed by atoms with Crippen LogP contribution in [0.5, 0.6) is 0 Å². The molecule has 0 spiro atoms. The van der Waals surface area contributed by atoms with Gasteiger partial charge in [0.15, 0.2) is 11.6 Å². The van der Waals surface area contributed by atoms with Gasteiger partial charge in [-0.1, -0.05) is 40.7 Å². The van der Waals surface area contributed by atoms with Gasteiger partial charge in [-0.25, -0.2) is 4.68 Å². The van der Waals surface area contributed by atoms with Crippen LogP contribution in [0.4, 0.5) is 5.82 Å². The third-order valence-electron chi connectivity index (χ3n) is 3.78. The summed E-state index contributed by atoms with van der Waals surface area (Å²) in [6.45, 7) is 5.74. The van der Waals surface area contributed by atoms with E-state index in [1.807, 2.05) is 44.2 Å². The summed E-state index contributed by atoms with van der Waals surface area (Å²) in [4.78, 5) is 16.5. The number of rotatable bonds is 5. The highest BCUT2D eigenvalue weighted by Gasteiger charge is 2.19. The van der Waals surface area contributed by atoms with Crippen molar-refractivity contribution in [1.29, 1.82) is 0 Å². The first kappa shape index (κ1) is 15.9. The Hall–Kier alpha value is -3.03. The third-order valence-corrected chi connectivity index (χ3v) is 3.78. The molecule has 0 aliphatic carbocycles. The molecule has 3 aromatic rings. The Kier molecular flexibility index (Phi) is 4.37. The minimum absolute atomic E-state index is 0.133. The summed E-state index contributed by atoms with van der Waals surface area (Å²) in [7, 11) is 0. The molecule has 0 unspecified atom stereocenters. The predicted molar refractivity (Wildman–Crippen MR) is 86.4 cm³/mol. The second-order valence-corrected chi connectivity index (χ2v) is 5.53. The van der Waals surface area contributed by atoms with Crippen molar-refractivity contribution in [3.8, 4) is 0 Å². The molecule has 2 aromatic heterocycles. The monoisotopic (exact) mass is 326 g/mol. The van der Waals surface area contributed by atoms with Crippen molar-refractivity contribution < 1.29 is 9.32 Å². The van der Waals surface area contributed by atoms with Crippen LogP contribution < -0.4 is 5.32 Å². The molecule has 0 fully saturated rings. The van der Waals surface area contributed by atoms with Crippen LogP contribution in [0.1, 0.15) is 35.8 Å². The fourth-order valence-corrected chi connectivity index (χ4v) is 2.28. The molecular weight excluding hydrogens is 308 g/mol. The molecule has 3 rings (SSSR count). The number of amides is 1. The lowest BCUT2D eigenvalue weighted by Crippen LogP contribution is -2.19. The summed E-state index contributed by atoms with van der Waals surface area (Å²) in [5.41, 5.74) is 1.67. The number of nitrogens with zero attached hydrogens (tertiary/aromatic N) is 5. The number of hydrogen-bond acceptors (Lipinski definition) is 6. The van der Waals surface area contributed by atoms with Gasteiger partial charge in [-0.15, -0.1) is 5.10 Å². The number of hydrogen-bond donors (Lipinski definition) is 1. The van der Waals surface area contributed by atoms with Crippen LogP contribution in [0.15, 0.2) is 34.9 Å². The number of carbonyl (C=O) groups excluding carboxylic acids is 1. The molecule has 1 aromatic carbocycles. The van der Waals surface area contributed by atoms with Gasteiger partial charge in [0.2, 0.25) is 11.8 Å². The number of aromatic nitrogens is 5. The number of nitrogens with one attached hydrogen (secondary N) is 1. The number of carbonyl (C=O) groups is 1. The van der Waals surface area contributed by atoms with Gasteiger partial charge in [-0.3, -0.25) is 4.79 Å². The van der Waals surface area contributed by atoms with E-state index >= 15 is 0 Å². The Bertz CT molecular complexity index is 839. The molecule has 1 atom stereocenters. The molecular formula is C16H18N6O2. The summed E-state index contributed by atoms with van der Waals surface area (Å²) >= 11 is 0. The normalized spacial score (nSPS) is 12.1. The van der Waals surface area contributed by atoms with Gasteiger partial charge in [0.25, 0.3) is 0 Å². The quantitative estimate of drug-likeness (QED) is 0.770. The van der Waals surface area contributed by atoms with Crippen LogP contribution in [0.2, 0.25) is 0 Å². The van der Waals surface area contributed by atoms with E-state index < -0.39 is 0 Å². The standard InChI is InChI=1S/C16H18N6O2/c1-10(13-7-5-4-6-8-13)16(23)18-15-11(2)22(21-19-15)9-14-17-12(3)24-20-14/h4-8,10H,9H2,1-3H3,(H,18,23)/t10-/m0/s1. The van der Waals surface area contributed by atoms with Gasteiger partial charge in [-0.05, 0) is 19.4 Å². The Morgan fingerprint density at radius 2 is 2.04 bits per heavy atom. The predicted octanol–water partition coefficient (Wildman–Crippen LogP) is 2.07. The molecule has 0 aliphatic heterocycles. The summed E-state index contributed by atoms with van der Waals surface area (Å²) in [5, 5.41) is 14.7. The number of aryl methyl sites for hydroxylation is 1. The second kappa shape index (κ2) is 6.61. The number of anilines is 1. The molecule has 24 heavy (non-hydrogen) atoms. The smallest absolute Gasteiger partial charge is 0.232 e. The van der Waals surface area contributed by atoms with E-state index in [2.05, 4.69) is 25.8 Å². The van der Waals surface area contributed by atoms with E-state index in [4.69, 9.17) is 4.52 Å². The summed E-state index contributed by atoms with van der Waals surface area (Å²) in [5.74, 6) is 1.02. The lowest BCUT2D eigenvalue weighted by molar-refractivity contribution is -0.117. The fourth-order valence-electron chi connectivity index (χ4n) is 2.28. The average Bonchev–Trinajstić information content (AvgIpc) is 3.15. The summed E-state index contributed by atoms with van der Waals surface area (Å²) in [6.07, 6.45) is 0. The van der Waals surface area contributed by atoms with E-state index in [0.717, 1.165) is 11.3 Å². The SMILES string of the molecule is Cc1nc(Cn2nnc(NC(=O)[C@@H](C)c3ccccc3)c2C)no1. The Balaban J connectivity index is 1.70. The zero-order chi connectivity index (χ0) is 17.1. The van der Waals surface area contributed by atoms with Crippen LogP contribution in [0, 0.1) is 13.8 Å². The maximum atomic E-state index is 12.4. The Morgan fingerprint density at radius 1 is 1.29 bits per heavy atom. The van der Waals surface area contributed by atoms with Crippen LogP contribution >= 0.6 is 0 Å². The highest BCUT2D eigenvalue weighted by molar-refractivity contribution is 5.95. The van der Waals surface area contributed by atoms with Crippen molar-refractivity contribution in [3.05, 3.63) is 53.3 Å². The zero-order valence-corrected chi connectivity index (χ0v) is 13.7. The molecule has 0 aliphatic rings. The van der Waals surface area contributed by atoms with Crippen molar-refractivity contribution in [3.63, 3.8) is 0 Å². The first-order valence-corrected chi connectivity index (χ1v) is 7.59. The highest BCUT2D eigenvalue weighted by atomic mass is 16.5. The Morgan fingerprint density at radius 3 is 2.71 bits per heavy atom. The van der Waals surface area contributed by atoms with Crippen LogP contribution in [-0.4, -0.2) is 31.0 Å². The van der Waals surface area contributed by atoms with Gasteiger partial charge in [0.05, 0.1) is 11.6 Å². The minimum atomic E-state index is -0.282. The zero-order valence-electron chi connectivity index (χ0n) is 13.7. The third kappa shape index (κ3) is 3.32. The summed E-state index contributed by atoms with van der Waals surface area (Å²) < 4.78 is 6.55. The molecule has 8 heteroatoms. The van der Waals surface area contributed by atoms with E-state index in [1.165, 1.54) is 0 Å². The molecule has 0 saturated carbocycles. The van der Waals surface area contributed by atoms with Gasteiger partial charge in [0, 0.05) is 6.92 Å². The maximum absolute atomic E-state index is 12.4. The molecule has 0 saturated heterocycles. The molecule has 1 amide bonds. The van der Waals surface area contributed by atoms with Crippen molar-refractivity contribution in [2.24, 2.45) is 0 Å². The molecule has 2 heterocycles. The molecule has 8 nitrogen and oxygen atoms in total. The lowest BCUT2D eigenvalue weighted by atomic mass is 10.0. The van der Waals surface area contributed by atoms with Crippen molar-refractivity contribution in [1.82, 2.24) is 25.1 Å². The van der Waals surface area contributed by atoms with Crippen molar-refractivity contribution in [2.75, 3.05) is 5.32 Å². The topological polar surface area (TPSA) is 98.7 Å². The van der Waals surface area contributed by atoms with Crippen LogP contribution in [0.3, 0.4) is 0 Å². The van der Waals surface area contributed by atoms with Gasteiger partial charge < -0.3 is 9.84 Å². The van der Waals surface area contributed by atoms with E-state index in [1.54, 1.807) is 11.6 Å². The van der Waals surface area contributed by atoms with Crippen molar-refractivity contribution >= 4 is 11.7 Å². The van der Waals surface area contributed by atoms with Crippen molar-refractivity contribution in [2.45, 2.75) is 33.2 Å². The molecule has 1 N–H and O–H groups in total. The maximum Gasteiger partial charge on any atom is 0.232 e. The lowest BCUT2D eigenvalue weighted by Gasteiger charge is -2.11. The minimum Gasteiger partial charge on any atom is -0.340 e. The van der Waals surface area contributed by atoms with Crippen LogP contribution in [0.25, 0.3) is 0 Å². The Labute approximate surface area is 138 Å². The van der Waals surface area contributed by atoms with Crippen LogP contribution in [-0.2, 0) is 11.3 Å². The largest absolute Gasteiger partial charge is 0.340 e. The van der Waals surface area contributed by atoms with Gasteiger partial charge in [-0.2, -0.15) is 4.98 Å². The van der Waals surface area contributed by atoms with E-state index in [-0.39, 0.29) is 11.8 Å². The van der Waals surface area contributed by atoms with E-state index in [0.29, 0.717) is 24.1 Å². The highest BCUT2D eigenvalue weighted by Crippen LogP contribution is 2.18.